The van der Waals surface area contributed by atoms with E-state index in [0.717, 1.165) is 10.6 Å². The van der Waals surface area contributed by atoms with Crippen molar-refractivity contribution in [2.75, 3.05) is 13.2 Å². The molecule has 1 aliphatic heterocycles. The third kappa shape index (κ3) is 3.40. The van der Waals surface area contributed by atoms with Gasteiger partial charge in [0.2, 0.25) is 0 Å². The molecule has 2 atom stereocenters. The van der Waals surface area contributed by atoms with E-state index in [1.54, 1.807) is 10.3 Å². The summed E-state index contributed by atoms with van der Waals surface area (Å²) in [6.45, 7) is 3.24. The molecule has 0 saturated carbocycles. The van der Waals surface area contributed by atoms with Gasteiger partial charge in [-0.05, 0) is 13.0 Å². The molecule has 122 valence electrons. The molecule has 1 aliphatic rings. The average Bonchev–Trinajstić information content (AvgIpc) is 3.04. The summed E-state index contributed by atoms with van der Waals surface area (Å²) in [5.41, 5.74) is 6.92. The lowest BCUT2D eigenvalue weighted by Crippen LogP contribution is -2.48. The molecule has 1 aromatic heterocycles. The number of morpholine rings is 1. The van der Waals surface area contributed by atoms with Crippen LogP contribution in [0.3, 0.4) is 0 Å². The smallest absolute Gasteiger partial charge is 0.273 e. The van der Waals surface area contributed by atoms with Crippen molar-refractivity contribution in [1.82, 2.24) is 9.88 Å². The molecule has 2 aromatic rings. The molecule has 1 fully saturated rings. The molecule has 0 bridgehead atoms. The highest BCUT2D eigenvalue weighted by Gasteiger charge is 2.32. The quantitative estimate of drug-likeness (QED) is 0.923. The number of ether oxygens (including phenoxy) is 1. The Morgan fingerprint density at radius 1 is 1.52 bits per heavy atom. The van der Waals surface area contributed by atoms with Crippen LogP contribution >= 0.6 is 22.9 Å². The summed E-state index contributed by atoms with van der Waals surface area (Å²) in [7, 11) is 0. The average molecular weight is 352 g/mol. The van der Waals surface area contributed by atoms with Gasteiger partial charge in [0, 0.05) is 22.5 Å². The SMILES string of the molecule is C[C@@H]1CO[C@H](c2ccccc2Cl)CN1C(=O)c1csc(CN)n1. The number of nitrogens with two attached hydrogens (primary N) is 1. The largest absolute Gasteiger partial charge is 0.369 e. The molecule has 3 rings (SSSR count). The number of nitrogens with zero attached hydrogens (tertiary/aromatic N) is 2. The number of rotatable bonds is 3. The normalized spacial score (nSPS) is 21.4. The molecule has 5 nitrogen and oxygen atoms in total. The minimum absolute atomic E-state index is 0.00994. The van der Waals surface area contributed by atoms with E-state index < -0.39 is 0 Å². The van der Waals surface area contributed by atoms with Gasteiger partial charge in [-0.1, -0.05) is 29.8 Å². The van der Waals surface area contributed by atoms with Crippen LogP contribution in [0.4, 0.5) is 0 Å². The van der Waals surface area contributed by atoms with Crippen molar-refractivity contribution in [1.29, 1.82) is 0 Å². The Bertz CT molecular complexity index is 706. The lowest BCUT2D eigenvalue weighted by Gasteiger charge is -2.38. The third-order valence-electron chi connectivity index (χ3n) is 3.89. The lowest BCUT2D eigenvalue weighted by molar-refractivity contribution is -0.0487. The first-order valence-corrected chi connectivity index (χ1v) is 8.67. The Hall–Kier alpha value is -1.47. The van der Waals surface area contributed by atoms with Crippen LogP contribution in [0.5, 0.6) is 0 Å². The van der Waals surface area contributed by atoms with E-state index in [9.17, 15) is 4.79 Å². The fraction of sp³-hybridized carbons (Fsp3) is 0.375. The maximum atomic E-state index is 12.7. The van der Waals surface area contributed by atoms with Crippen molar-refractivity contribution in [3.63, 3.8) is 0 Å². The first-order valence-electron chi connectivity index (χ1n) is 7.41. The van der Waals surface area contributed by atoms with Crippen LogP contribution < -0.4 is 5.73 Å². The number of hydrogen-bond donors (Lipinski definition) is 1. The van der Waals surface area contributed by atoms with Gasteiger partial charge in [-0.15, -0.1) is 11.3 Å². The molecule has 1 amide bonds. The van der Waals surface area contributed by atoms with E-state index in [2.05, 4.69) is 4.98 Å². The molecule has 0 radical (unpaired) electrons. The van der Waals surface area contributed by atoms with Crippen molar-refractivity contribution in [2.24, 2.45) is 5.73 Å². The van der Waals surface area contributed by atoms with Crippen molar-refractivity contribution >= 4 is 28.8 Å². The molecule has 1 saturated heterocycles. The number of carbonyl (C=O) groups is 1. The molecule has 1 aromatic carbocycles. The molecule has 0 unspecified atom stereocenters. The zero-order valence-electron chi connectivity index (χ0n) is 12.7. The van der Waals surface area contributed by atoms with Crippen molar-refractivity contribution in [3.05, 3.63) is 50.9 Å². The van der Waals surface area contributed by atoms with Crippen LogP contribution in [0.2, 0.25) is 5.02 Å². The van der Waals surface area contributed by atoms with E-state index in [0.29, 0.717) is 30.4 Å². The number of aromatic nitrogens is 1. The maximum absolute atomic E-state index is 12.7. The topological polar surface area (TPSA) is 68.5 Å². The second-order valence-electron chi connectivity index (χ2n) is 5.48. The van der Waals surface area contributed by atoms with Gasteiger partial charge >= 0.3 is 0 Å². The zero-order chi connectivity index (χ0) is 16.4. The fourth-order valence-electron chi connectivity index (χ4n) is 2.61. The molecule has 0 aliphatic carbocycles. The van der Waals surface area contributed by atoms with E-state index in [1.165, 1.54) is 11.3 Å². The highest BCUT2D eigenvalue weighted by molar-refractivity contribution is 7.09. The van der Waals surface area contributed by atoms with Crippen LogP contribution in [0.1, 0.15) is 34.1 Å². The van der Waals surface area contributed by atoms with Gasteiger partial charge in [-0.2, -0.15) is 0 Å². The first-order chi connectivity index (χ1) is 11.1. The van der Waals surface area contributed by atoms with Crippen molar-refractivity contribution < 1.29 is 9.53 Å². The third-order valence-corrected chi connectivity index (χ3v) is 5.11. The molecule has 0 spiro atoms. The summed E-state index contributed by atoms with van der Waals surface area (Å²) in [5.74, 6) is -0.0891. The number of halogens is 1. The fourth-order valence-corrected chi connectivity index (χ4v) is 3.52. The Morgan fingerprint density at radius 3 is 3.00 bits per heavy atom. The maximum Gasteiger partial charge on any atom is 0.273 e. The predicted octanol–water partition coefficient (Wildman–Crippen LogP) is 2.86. The van der Waals surface area contributed by atoms with Crippen LogP contribution in [0, 0.1) is 0 Å². The molecule has 2 N–H and O–H groups in total. The van der Waals surface area contributed by atoms with Gasteiger partial charge in [0.25, 0.3) is 5.91 Å². The summed E-state index contributed by atoms with van der Waals surface area (Å²) in [6.07, 6.45) is -0.225. The minimum Gasteiger partial charge on any atom is -0.369 e. The van der Waals surface area contributed by atoms with Crippen LogP contribution in [-0.4, -0.2) is 35.0 Å². The lowest BCUT2D eigenvalue weighted by atomic mass is 10.1. The van der Waals surface area contributed by atoms with E-state index in [1.807, 2.05) is 31.2 Å². The Kier molecular flexibility index (Phi) is 4.96. The Morgan fingerprint density at radius 2 is 2.30 bits per heavy atom. The van der Waals surface area contributed by atoms with Crippen LogP contribution in [0.15, 0.2) is 29.6 Å². The van der Waals surface area contributed by atoms with Crippen LogP contribution in [0.25, 0.3) is 0 Å². The highest BCUT2D eigenvalue weighted by Crippen LogP contribution is 2.30. The number of hydrogen-bond acceptors (Lipinski definition) is 5. The predicted molar refractivity (Wildman–Crippen MR) is 90.6 cm³/mol. The van der Waals surface area contributed by atoms with E-state index in [4.69, 9.17) is 22.1 Å². The van der Waals surface area contributed by atoms with E-state index in [-0.39, 0.29) is 18.1 Å². The number of carbonyl (C=O) groups excluding carboxylic acids is 1. The summed E-state index contributed by atoms with van der Waals surface area (Å²) >= 11 is 7.66. The van der Waals surface area contributed by atoms with Gasteiger partial charge in [0.1, 0.15) is 16.8 Å². The number of amides is 1. The second-order valence-corrected chi connectivity index (χ2v) is 6.83. The summed E-state index contributed by atoms with van der Waals surface area (Å²) in [6, 6.07) is 7.55. The van der Waals surface area contributed by atoms with Crippen molar-refractivity contribution in [2.45, 2.75) is 25.6 Å². The summed E-state index contributed by atoms with van der Waals surface area (Å²) in [4.78, 5) is 18.8. The van der Waals surface area contributed by atoms with Crippen LogP contribution in [-0.2, 0) is 11.3 Å². The summed E-state index contributed by atoms with van der Waals surface area (Å²) < 4.78 is 5.88. The zero-order valence-corrected chi connectivity index (χ0v) is 14.3. The number of benzene rings is 1. The molecule has 23 heavy (non-hydrogen) atoms. The van der Waals surface area contributed by atoms with Gasteiger partial charge in [-0.3, -0.25) is 4.79 Å². The molecular weight excluding hydrogens is 334 g/mol. The summed E-state index contributed by atoms with van der Waals surface area (Å²) in [5, 5.41) is 3.17. The Labute approximate surface area is 144 Å². The second kappa shape index (κ2) is 6.97. The Balaban J connectivity index is 1.81. The highest BCUT2D eigenvalue weighted by atomic mass is 35.5. The molecule has 7 heteroatoms. The van der Waals surface area contributed by atoms with Crippen molar-refractivity contribution in [3.8, 4) is 0 Å². The monoisotopic (exact) mass is 351 g/mol. The number of thiazole rings is 1. The van der Waals surface area contributed by atoms with Gasteiger partial charge < -0.3 is 15.4 Å². The van der Waals surface area contributed by atoms with Gasteiger partial charge in [0.05, 0.1) is 19.2 Å². The minimum atomic E-state index is -0.225. The first kappa shape index (κ1) is 16.4. The molecular formula is C16H18ClN3O2S. The standard InChI is InChI=1S/C16H18ClN3O2S/c1-10-8-22-14(11-4-2-3-5-12(11)17)7-20(10)16(21)13-9-23-15(6-18)19-13/h2-5,9-10,14H,6-8,18H2,1H3/t10-,14+/m1/s1. The van der Waals surface area contributed by atoms with E-state index >= 15 is 0 Å². The van der Waals surface area contributed by atoms with Gasteiger partial charge in [0.15, 0.2) is 0 Å². The van der Waals surface area contributed by atoms with Gasteiger partial charge in [-0.25, -0.2) is 4.98 Å². The molecule has 2 heterocycles.